The highest BCUT2D eigenvalue weighted by molar-refractivity contribution is 7.20. The van der Waals surface area contributed by atoms with Gasteiger partial charge in [-0.25, -0.2) is 0 Å². The molecule has 2 aliphatic rings. The van der Waals surface area contributed by atoms with Gasteiger partial charge in [0.05, 0.1) is 54.9 Å². The highest BCUT2D eigenvalue weighted by Gasteiger charge is 2.22. The number of carbonyl (C=O) groups excluding carboxylic acids is 1. The maximum Gasteiger partial charge on any atom is 0.265 e. The van der Waals surface area contributed by atoms with Crippen LogP contribution in [0.5, 0.6) is 0 Å². The summed E-state index contributed by atoms with van der Waals surface area (Å²) in [5.74, 6) is -0.0962. The molecule has 6 rings (SSSR count). The molecule has 9 heteroatoms. The molecule has 38 heavy (non-hydrogen) atoms. The number of amides is 1. The SMILES string of the molecule is Cc1ccc(Cn2nc(C)c3cc(C(=O)Nc4ccc(N5CCOCC5)cc4N4CCOCC4)sc32)cc1. The first-order chi connectivity index (χ1) is 18.5. The second-order valence-electron chi connectivity index (χ2n) is 9.91. The maximum absolute atomic E-state index is 13.5. The van der Waals surface area contributed by atoms with Crippen molar-refractivity contribution in [3.63, 3.8) is 0 Å². The third-order valence-corrected chi connectivity index (χ3v) is 8.39. The van der Waals surface area contributed by atoms with Gasteiger partial charge in [-0.2, -0.15) is 5.10 Å². The number of rotatable bonds is 6. The van der Waals surface area contributed by atoms with Crippen molar-refractivity contribution in [3.8, 4) is 0 Å². The molecule has 0 bridgehead atoms. The third-order valence-electron chi connectivity index (χ3n) is 7.24. The highest BCUT2D eigenvalue weighted by Crippen LogP contribution is 2.34. The number of thiophene rings is 1. The number of morpholine rings is 2. The van der Waals surface area contributed by atoms with Gasteiger partial charge in [0.15, 0.2) is 0 Å². The third kappa shape index (κ3) is 5.14. The van der Waals surface area contributed by atoms with Crippen molar-refractivity contribution in [2.75, 3.05) is 67.7 Å². The van der Waals surface area contributed by atoms with E-state index in [0.717, 1.165) is 72.4 Å². The second kappa shape index (κ2) is 10.8. The summed E-state index contributed by atoms with van der Waals surface area (Å²) in [6, 6.07) is 16.8. The first-order valence-corrected chi connectivity index (χ1v) is 14.0. The van der Waals surface area contributed by atoms with Crippen molar-refractivity contribution >= 4 is 44.5 Å². The Morgan fingerprint density at radius 1 is 0.921 bits per heavy atom. The number of nitrogens with one attached hydrogen (secondary N) is 1. The minimum absolute atomic E-state index is 0.0962. The summed E-state index contributed by atoms with van der Waals surface area (Å²) < 4.78 is 13.1. The number of nitrogens with zero attached hydrogens (tertiary/aromatic N) is 4. The van der Waals surface area contributed by atoms with Crippen molar-refractivity contribution < 1.29 is 14.3 Å². The molecular weight excluding hydrogens is 498 g/mol. The van der Waals surface area contributed by atoms with E-state index >= 15 is 0 Å². The van der Waals surface area contributed by atoms with Crippen LogP contribution >= 0.6 is 11.3 Å². The van der Waals surface area contributed by atoms with Crippen LogP contribution in [0.25, 0.3) is 10.2 Å². The van der Waals surface area contributed by atoms with Crippen LogP contribution < -0.4 is 15.1 Å². The van der Waals surface area contributed by atoms with Gasteiger partial charge in [0.25, 0.3) is 5.91 Å². The molecule has 0 radical (unpaired) electrons. The zero-order chi connectivity index (χ0) is 26.1. The Kier molecular flexibility index (Phi) is 7.06. The van der Waals surface area contributed by atoms with Gasteiger partial charge in [-0.05, 0) is 43.7 Å². The van der Waals surface area contributed by atoms with Crippen LogP contribution in [-0.4, -0.2) is 68.3 Å². The van der Waals surface area contributed by atoms with E-state index in [1.54, 1.807) is 0 Å². The molecule has 2 aromatic heterocycles. The highest BCUT2D eigenvalue weighted by atomic mass is 32.1. The van der Waals surface area contributed by atoms with E-state index in [9.17, 15) is 4.79 Å². The van der Waals surface area contributed by atoms with E-state index in [0.29, 0.717) is 24.6 Å². The van der Waals surface area contributed by atoms with Crippen LogP contribution in [-0.2, 0) is 16.0 Å². The summed E-state index contributed by atoms with van der Waals surface area (Å²) in [6.07, 6.45) is 0. The quantitative estimate of drug-likeness (QED) is 0.389. The predicted molar refractivity (Wildman–Crippen MR) is 153 cm³/mol. The topological polar surface area (TPSA) is 71.9 Å². The lowest BCUT2D eigenvalue weighted by molar-refractivity contribution is 0.103. The molecule has 0 saturated carbocycles. The van der Waals surface area contributed by atoms with E-state index in [1.165, 1.54) is 22.5 Å². The van der Waals surface area contributed by atoms with Crippen LogP contribution in [0.1, 0.15) is 26.5 Å². The standard InChI is InChI=1S/C29H33N5O3S/c1-20-3-5-22(6-4-20)19-34-29-24(21(2)31-34)18-27(38-29)28(35)30-25-8-7-23(32-9-13-36-14-10-32)17-26(25)33-11-15-37-16-12-33/h3-8,17-18H,9-16,19H2,1-2H3,(H,30,35). The van der Waals surface area contributed by atoms with Crippen molar-refractivity contribution in [3.05, 3.63) is 70.2 Å². The number of carbonyl (C=O) groups is 1. The molecule has 0 atom stereocenters. The molecular formula is C29H33N5O3S. The molecule has 1 amide bonds. The molecule has 0 aliphatic carbocycles. The summed E-state index contributed by atoms with van der Waals surface area (Å²) >= 11 is 1.49. The number of aryl methyl sites for hydroxylation is 2. The Labute approximate surface area is 226 Å². The number of anilines is 3. The van der Waals surface area contributed by atoms with Gasteiger partial charge in [-0.15, -0.1) is 11.3 Å². The van der Waals surface area contributed by atoms with E-state index in [1.807, 2.05) is 23.7 Å². The van der Waals surface area contributed by atoms with Gasteiger partial charge in [0, 0.05) is 37.3 Å². The predicted octanol–water partition coefficient (Wildman–Crippen LogP) is 4.69. The normalized spacial score (nSPS) is 16.3. The molecule has 1 N–H and O–H groups in total. The average molecular weight is 532 g/mol. The van der Waals surface area contributed by atoms with Crippen molar-refractivity contribution in [2.45, 2.75) is 20.4 Å². The van der Waals surface area contributed by atoms with Gasteiger partial charge in [-0.1, -0.05) is 29.8 Å². The minimum atomic E-state index is -0.0962. The second-order valence-corrected chi connectivity index (χ2v) is 10.9. The van der Waals surface area contributed by atoms with Gasteiger partial charge >= 0.3 is 0 Å². The minimum Gasteiger partial charge on any atom is -0.378 e. The van der Waals surface area contributed by atoms with Crippen molar-refractivity contribution in [1.82, 2.24) is 9.78 Å². The van der Waals surface area contributed by atoms with E-state index in [-0.39, 0.29) is 5.91 Å². The summed E-state index contributed by atoms with van der Waals surface area (Å²) in [5, 5.41) is 8.99. The smallest absolute Gasteiger partial charge is 0.265 e. The van der Waals surface area contributed by atoms with Gasteiger partial charge in [0.1, 0.15) is 4.83 Å². The largest absolute Gasteiger partial charge is 0.378 e. The van der Waals surface area contributed by atoms with Crippen LogP contribution in [0.15, 0.2) is 48.5 Å². The average Bonchev–Trinajstić information content (AvgIpc) is 3.52. The lowest BCUT2D eigenvalue weighted by atomic mass is 10.1. The van der Waals surface area contributed by atoms with Crippen LogP contribution in [0, 0.1) is 13.8 Å². The summed E-state index contributed by atoms with van der Waals surface area (Å²) in [5.41, 5.74) is 6.38. The monoisotopic (exact) mass is 531 g/mol. The molecule has 2 fully saturated rings. The first-order valence-electron chi connectivity index (χ1n) is 13.2. The Morgan fingerprint density at radius 2 is 1.61 bits per heavy atom. The molecule has 0 spiro atoms. The summed E-state index contributed by atoms with van der Waals surface area (Å²) in [7, 11) is 0. The summed E-state index contributed by atoms with van der Waals surface area (Å²) in [4.78, 5) is 19.9. The van der Waals surface area contributed by atoms with Crippen LogP contribution in [0.4, 0.5) is 17.1 Å². The Morgan fingerprint density at radius 3 is 2.32 bits per heavy atom. The van der Waals surface area contributed by atoms with Gasteiger partial charge in [-0.3, -0.25) is 9.48 Å². The number of benzene rings is 2. The van der Waals surface area contributed by atoms with Crippen molar-refractivity contribution in [1.29, 1.82) is 0 Å². The molecule has 2 aromatic carbocycles. The summed E-state index contributed by atoms with van der Waals surface area (Å²) in [6.45, 7) is 10.9. The number of fused-ring (bicyclic) bond motifs is 1. The molecule has 2 saturated heterocycles. The zero-order valence-corrected chi connectivity index (χ0v) is 22.7. The molecule has 4 heterocycles. The van der Waals surface area contributed by atoms with Gasteiger partial charge < -0.3 is 24.6 Å². The molecule has 0 unspecified atom stereocenters. The fourth-order valence-electron chi connectivity index (χ4n) is 5.09. The molecule has 8 nitrogen and oxygen atoms in total. The number of aromatic nitrogens is 2. The van der Waals surface area contributed by atoms with E-state index in [4.69, 9.17) is 14.6 Å². The molecule has 198 valence electrons. The molecule has 2 aliphatic heterocycles. The maximum atomic E-state index is 13.5. The number of hydrogen-bond donors (Lipinski definition) is 1. The van der Waals surface area contributed by atoms with E-state index in [2.05, 4.69) is 58.4 Å². The lowest BCUT2D eigenvalue weighted by Crippen LogP contribution is -2.38. The number of hydrogen-bond acceptors (Lipinski definition) is 7. The Hall–Kier alpha value is -3.40. The van der Waals surface area contributed by atoms with Gasteiger partial charge in [0.2, 0.25) is 0 Å². The van der Waals surface area contributed by atoms with Crippen molar-refractivity contribution in [2.24, 2.45) is 0 Å². The molecule has 4 aromatic rings. The Bertz CT molecular complexity index is 1430. The van der Waals surface area contributed by atoms with Crippen LogP contribution in [0.3, 0.4) is 0 Å². The fourth-order valence-corrected chi connectivity index (χ4v) is 6.15. The Balaban J connectivity index is 1.27. The number of ether oxygens (including phenoxy) is 2. The van der Waals surface area contributed by atoms with E-state index < -0.39 is 0 Å². The first kappa shape index (κ1) is 24.9. The zero-order valence-electron chi connectivity index (χ0n) is 21.9. The fraction of sp³-hybridized carbons (Fsp3) is 0.379. The lowest BCUT2D eigenvalue weighted by Gasteiger charge is -2.33. The van der Waals surface area contributed by atoms with Crippen LogP contribution in [0.2, 0.25) is 0 Å².